The Bertz CT molecular complexity index is 1730. The molecular weight excluding hydrogens is 587 g/mol. The van der Waals surface area contributed by atoms with Crippen LogP contribution in [0.25, 0.3) is 37.6 Å². The van der Waals surface area contributed by atoms with Crippen LogP contribution in [0.4, 0.5) is 8.78 Å². The normalized spacial score (nSPS) is 15.1. The van der Waals surface area contributed by atoms with Crippen LogP contribution in [0.1, 0.15) is 24.3 Å². The molecule has 0 N–H and O–H groups in total. The van der Waals surface area contributed by atoms with Gasteiger partial charge in [-0.05, 0) is 23.7 Å². The highest BCUT2D eigenvalue weighted by Crippen LogP contribution is 2.47. The first kappa shape index (κ1) is 29.4. The topological polar surface area (TPSA) is 94.6 Å². The van der Waals surface area contributed by atoms with Gasteiger partial charge in [0.25, 0.3) is 16.4 Å². The first-order chi connectivity index (χ1) is 19.4. The molecular formula is C27H30F2N6O3S2Si. The van der Waals surface area contributed by atoms with Gasteiger partial charge in [-0.1, -0.05) is 65.6 Å². The van der Waals surface area contributed by atoms with Crippen molar-refractivity contribution in [1.29, 1.82) is 0 Å². The Morgan fingerprint density at radius 3 is 2.49 bits per heavy atom. The van der Waals surface area contributed by atoms with E-state index >= 15 is 0 Å². The quantitative estimate of drug-likeness (QED) is 0.0837. The summed E-state index contributed by atoms with van der Waals surface area (Å²) in [4.78, 5) is 3.66. The van der Waals surface area contributed by atoms with Crippen LogP contribution >= 0.6 is 11.3 Å². The molecule has 0 spiro atoms. The Hall–Kier alpha value is -3.09. The predicted molar refractivity (Wildman–Crippen MR) is 157 cm³/mol. The van der Waals surface area contributed by atoms with E-state index in [0.29, 0.717) is 47.3 Å². The van der Waals surface area contributed by atoms with Gasteiger partial charge in [-0.25, -0.2) is 23.8 Å². The molecule has 2 aromatic carbocycles. The smallest absolute Gasteiger partial charge is 0.303 e. The van der Waals surface area contributed by atoms with Crippen LogP contribution in [0.3, 0.4) is 0 Å². The van der Waals surface area contributed by atoms with E-state index in [0.717, 1.165) is 11.6 Å². The molecule has 5 rings (SSSR count). The molecule has 0 aliphatic heterocycles. The summed E-state index contributed by atoms with van der Waals surface area (Å²) in [5.41, 5.74) is 1.02. The Balaban J connectivity index is 1.66. The van der Waals surface area contributed by atoms with Crippen molar-refractivity contribution >= 4 is 40.3 Å². The van der Waals surface area contributed by atoms with Crippen molar-refractivity contribution in [1.82, 2.24) is 24.3 Å². The third-order valence-corrected chi connectivity index (χ3v) is 11.5. The van der Waals surface area contributed by atoms with Crippen LogP contribution in [0.5, 0.6) is 0 Å². The van der Waals surface area contributed by atoms with Crippen LogP contribution < -0.4 is 0 Å². The maximum absolute atomic E-state index is 14.3. The number of alkyl halides is 2. The molecule has 1 aliphatic carbocycles. The molecule has 2 heterocycles. The summed E-state index contributed by atoms with van der Waals surface area (Å²) in [6, 6.07) is 13.2. The number of hydrogen-bond acceptors (Lipinski definition) is 7. The maximum atomic E-state index is 14.3. The number of benzene rings is 2. The fourth-order valence-corrected chi connectivity index (χ4v) is 7.68. The highest BCUT2D eigenvalue weighted by molar-refractivity contribution is 7.89. The molecule has 216 valence electrons. The van der Waals surface area contributed by atoms with E-state index in [-0.39, 0.29) is 22.3 Å². The average molecular weight is 617 g/mol. The zero-order valence-corrected chi connectivity index (χ0v) is 25.8. The van der Waals surface area contributed by atoms with Crippen LogP contribution in [0, 0.1) is 6.57 Å². The molecule has 2 aromatic heterocycles. The molecule has 0 unspecified atom stereocenters. The number of aryl methyl sites for hydroxylation is 1. The van der Waals surface area contributed by atoms with E-state index in [1.165, 1.54) is 10.4 Å². The van der Waals surface area contributed by atoms with Gasteiger partial charge in [0.15, 0.2) is 10.0 Å². The average Bonchev–Trinajstić information content (AvgIpc) is 3.41. The SMILES string of the molecule is [C-]#[N+]C1(N(COCC[Si](C)(C)C)S(=O)(=O)c2cc(-c3ccccc3)c3c(c2)c(-c2nnc(C(F)F)s2)nn3C)CC1. The molecule has 0 amide bonds. The van der Waals surface area contributed by atoms with E-state index in [9.17, 15) is 17.2 Å². The standard InChI is InChI=1S/C27H30F2N6O3S2Si/c1-30-27(11-12-27)35(17-38-13-14-41(3,4)5)40(36,37)19-15-20(18-9-7-6-8-10-18)23-21(16-19)22(33-34(23)2)25-31-32-26(39-25)24(28)29/h6-10,15-16,24H,11-14,17H2,2-5H3. The molecule has 0 radical (unpaired) electrons. The van der Waals surface area contributed by atoms with Crippen molar-refractivity contribution in [3.63, 3.8) is 0 Å². The lowest BCUT2D eigenvalue weighted by atomic mass is 10.0. The summed E-state index contributed by atoms with van der Waals surface area (Å²) in [6.07, 6.45) is -1.95. The van der Waals surface area contributed by atoms with Crippen molar-refractivity contribution in [2.24, 2.45) is 7.05 Å². The van der Waals surface area contributed by atoms with Gasteiger partial charge in [-0.3, -0.25) is 9.53 Å². The van der Waals surface area contributed by atoms with Crippen LogP contribution in [0.2, 0.25) is 25.7 Å². The molecule has 0 bridgehead atoms. The molecule has 1 fully saturated rings. The lowest BCUT2D eigenvalue weighted by Gasteiger charge is -2.24. The number of fused-ring (bicyclic) bond motifs is 1. The van der Waals surface area contributed by atoms with Gasteiger partial charge < -0.3 is 4.74 Å². The molecule has 1 saturated carbocycles. The molecule has 9 nitrogen and oxygen atoms in total. The lowest BCUT2D eigenvalue weighted by molar-refractivity contribution is 0.0642. The van der Waals surface area contributed by atoms with Gasteiger partial charge in [-0.2, -0.15) is 5.10 Å². The molecule has 1 aliphatic rings. The van der Waals surface area contributed by atoms with Gasteiger partial charge in [0.1, 0.15) is 12.4 Å². The van der Waals surface area contributed by atoms with E-state index < -0.39 is 35.2 Å². The summed E-state index contributed by atoms with van der Waals surface area (Å²) in [5, 5.41) is 12.2. The second kappa shape index (κ2) is 11.0. The van der Waals surface area contributed by atoms with Crippen molar-refractivity contribution < 1.29 is 21.9 Å². The Kier molecular flexibility index (Phi) is 7.86. The fourth-order valence-electron chi connectivity index (χ4n) is 4.55. The van der Waals surface area contributed by atoms with Crippen molar-refractivity contribution in [3.05, 3.63) is 58.9 Å². The molecule has 41 heavy (non-hydrogen) atoms. The van der Waals surface area contributed by atoms with Crippen LogP contribution in [-0.4, -0.2) is 59.8 Å². The predicted octanol–water partition coefficient (Wildman–Crippen LogP) is 6.41. The van der Waals surface area contributed by atoms with Gasteiger partial charge in [0.2, 0.25) is 0 Å². The minimum atomic E-state index is -4.23. The summed E-state index contributed by atoms with van der Waals surface area (Å²) >= 11 is 0.713. The molecule has 0 atom stereocenters. The zero-order valence-electron chi connectivity index (χ0n) is 23.1. The second-order valence-electron chi connectivity index (χ2n) is 11.2. The second-order valence-corrected chi connectivity index (χ2v) is 19.7. The third-order valence-electron chi connectivity index (χ3n) is 6.99. The summed E-state index contributed by atoms with van der Waals surface area (Å²) in [5.74, 6) is 0. The number of nitrogens with zero attached hydrogens (tertiary/aromatic N) is 6. The first-order valence-corrected chi connectivity index (χ1v) is 19.0. The number of hydrogen-bond donors (Lipinski definition) is 0. The summed E-state index contributed by atoms with van der Waals surface area (Å²) < 4.78 is 63.9. The van der Waals surface area contributed by atoms with E-state index in [1.807, 2.05) is 30.3 Å². The summed E-state index contributed by atoms with van der Waals surface area (Å²) in [6.45, 7) is 14.6. The highest BCUT2D eigenvalue weighted by Gasteiger charge is 2.61. The van der Waals surface area contributed by atoms with Crippen LogP contribution in [-0.2, 0) is 21.8 Å². The van der Waals surface area contributed by atoms with Gasteiger partial charge >= 0.3 is 5.66 Å². The van der Waals surface area contributed by atoms with E-state index in [4.69, 9.17) is 11.3 Å². The first-order valence-electron chi connectivity index (χ1n) is 13.0. The summed E-state index contributed by atoms with van der Waals surface area (Å²) in [7, 11) is -3.94. The van der Waals surface area contributed by atoms with Crippen molar-refractivity contribution in [3.8, 4) is 21.8 Å². The van der Waals surface area contributed by atoms with Gasteiger partial charge in [-0.15, -0.1) is 10.2 Å². The van der Waals surface area contributed by atoms with Crippen molar-refractivity contribution in [2.45, 2.75) is 55.5 Å². The largest absolute Gasteiger partial charge is 0.365 e. The minimum Gasteiger partial charge on any atom is -0.365 e. The Morgan fingerprint density at radius 2 is 1.90 bits per heavy atom. The molecule has 0 saturated heterocycles. The third kappa shape index (κ3) is 5.82. The van der Waals surface area contributed by atoms with Gasteiger partial charge in [0.05, 0.1) is 23.3 Å². The van der Waals surface area contributed by atoms with E-state index in [1.54, 1.807) is 17.8 Å². The maximum Gasteiger partial charge on any atom is 0.303 e. The number of rotatable bonds is 11. The highest BCUT2D eigenvalue weighted by atomic mass is 32.2. The van der Waals surface area contributed by atoms with Crippen LogP contribution in [0.15, 0.2) is 47.4 Å². The van der Waals surface area contributed by atoms with Crippen molar-refractivity contribution in [2.75, 3.05) is 13.3 Å². The molecule has 14 heteroatoms. The van der Waals surface area contributed by atoms with Gasteiger partial charge in [0, 0.05) is 32.7 Å². The van der Waals surface area contributed by atoms with E-state index in [2.05, 4.69) is 39.8 Å². The number of halogens is 2. The number of sulfonamides is 1. The lowest BCUT2D eigenvalue weighted by Crippen LogP contribution is -2.42. The molecule has 4 aromatic rings. The minimum absolute atomic E-state index is 0.0413. The fraction of sp³-hybridized carbons (Fsp3) is 0.407. The monoisotopic (exact) mass is 616 g/mol. The number of ether oxygens (including phenoxy) is 1. The number of aromatic nitrogens is 4. The zero-order chi connectivity index (χ0) is 29.6. The Morgan fingerprint density at radius 1 is 1.20 bits per heavy atom. The Labute approximate surface area is 242 Å².